The number of rotatable bonds is 6. The van der Waals surface area contributed by atoms with Crippen LogP contribution >= 0.6 is 11.8 Å². The predicted molar refractivity (Wildman–Crippen MR) is 54.8 cm³/mol. The average molecular weight is 189 g/mol. The van der Waals surface area contributed by atoms with Gasteiger partial charge in [-0.15, -0.1) is 0 Å². The summed E-state index contributed by atoms with van der Waals surface area (Å²) in [6, 6.07) is 0.750. The first-order valence-electron chi connectivity index (χ1n) is 4.82. The SMILES string of the molecule is CCCOCCNC1CCSC1. The van der Waals surface area contributed by atoms with Crippen molar-refractivity contribution in [3.63, 3.8) is 0 Å². The Bertz CT molecular complexity index is 105. The minimum atomic E-state index is 0.750. The first kappa shape index (κ1) is 10.4. The normalized spacial score (nSPS) is 23.2. The lowest BCUT2D eigenvalue weighted by Gasteiger charge is -2.10. The van der Waals surface area contributed by atoms with Gasteiger partial charge in [0.2, 0.25) is 0 Å². The van der Waals surface area contributed by atoms with Gasteiger partial charge < -0.3 is 10.1 Å². The Labute approximate surface area is 79.4 Å². The Morgan fingerprint density at radius 1 is 1.50 bits per heavy atom. The van der Waals surface area contributed by atoms with Crippen molar-refractivity contribution in [1.82, 2.24) is 5.32 Å². The molecule has 0 saturated carbocycles. The molecule has 1 atom stereocenters. The quantitative estimate of drug-likeness (QED) is 0.640. The zero-order chi connectivity index (χ0) is 8.65. The number of hydrogen-bond donors (Lipinski definition) is 1. The summed E-state index contributed by atoms with van der Waals surface area (Å²) in [6.07, 6.45) is 2.46. The van der Waals surface area contributed by atoms with E-state index >= 15 is 0 Å². The van der Waals surface area contributed by atoms with E-state index in [1.807, 2.05) is 11.8 Å². The molecule has 1 fully saturated rings. The smallest absolute Gasteiger partial charge is 0.0591 e. The van der Waals surface area contributed by atoms with Crippen LogP contribution < -0.4 is 5.32 Å². The third-order valence-electron chi connectivity index (χ3n) is 1.96. The van der Waals surface area contributed by atoms with E-state index in [2.05, 4.69) is 12.2 Å². The Kier molecular flexibility index (Phi) is 5.82. The molecule has 1 rings (SSSR count). The van der Waals surface area contributed by atoms with Crippen molar-refractivity contribution in [2.75, 3.05) is 31.3 Å². The first-order valence-corrected chi connectivity index (χ1v) is 5.98. The molecule has 72 valence electrons. The second-order valence-electron chi connectivity index (χ2n) is 3.13. The summed E-state index contributed by atoms with van der Waals surface area (Å²) in [5.74, 6) is 2.61. The topological polar surface area (TPSA) is 21.3 Å². The summed E-state index contributed by atoms with van der Waals surface area (Å²) in [7, 11) is 0. The van der Waals surface area contributed by atoms with Crippen molar-refractivity contribution in [2.24, 2.45) is 0 Å². The van der Waals surface area contributed by atoms with Crippen LogP contribution in [0.25, 0.3) is 0 Å². The second kappa shape index (κ2) is 6.75. The van der Waals surface area contributed by atoms with Gasteiger partial charge >= 0.3 is 0 Å². The second-order valence-corrected chi connectivity index (χ2v) is 4.28. The van der Waals surface area contributed by atoms with E-state index < -0.39 is 0 Å². The third-order valence-corrected chi connectivity index (χ3v) is 3.12. The summed E-state index contributed by atoms with van der Waals surface area (Å²) >= 11 is 2.05. The van der Waals surface area contributed by atoms with E-state index in [-0.39, 0.29) is 0 Å². The molecule has 0 aromatic heterocycles. The van der Waals surface area contributed by atoms with Gasteiger partial charge in [0.25, 0.3) is 0 Å². The minimum Gasteiger partial charge on any atom is -0.380 e. The zero-order valence-electron chi connectivity index (χ0n) is 7.84. The molecule has 0 spiro atoms. The first-order chi connectivity index (χ1) is 5.93. The molecular weight excluding hydrogens is 170 g/mol. The molecule has 0 aliphatic carbocycles. The molecule has 0 bridgehead atoms. The molecule has 1 unspecified atom stereocenters. The summed E-state index contributed by atoms with van der Waals surface area (Å²) in [6.45, 7) is 4.93. The van der Waals surface area contributed by atoms with Crippen molar-refractivity contribution in [2.45, 2.75) is 25.8 Å². The fraction of sp³-hybridized carbons (Fsp3) is 1.00. The van der Waals surface area contributed by atoms with Crippen LogP contribution in [0.1, 0.15) is 19.8 Å². The third kappa shape index (κ3) is 4.33. The highest BCUT2D eigenvalue weighted by atomic mass is 32.2. The fourth-order valence-corrected chi connectivity index (χ4v) is 2.46. The number of nitrogens with one attached hydrogen (secondary N) is 1. The molecule has 2 nitrogen and oxygen atoms in total. The van der Waals surface area contributed by atoms with Gasteiger partial charge in [-0.25, -0.2) is 0 Å². The van der Waals surface area contributed by atoms with E-state index in [9.17, 15) is 0 Å². The van der Waals surface area contributed by atoms with Gasteiger partial charge in [-0.1, -0.05) is 6.92 Å². The van der Waals surface area contributed by atoms with Crippen molar-refractivity contribution < 1.29 is 4.74 Å². The molecule has 3 heteroatoms. The molecular formula is C9H19NOS. The van der Waals surface area contributed by atoms with Gasteiger partial charge in [0.15, 0.2) is 0 Å². The lowest BCUT2D eigenvalue weighted by Crippen LogP contribution is -2.31. The number of hydrogen-bond acceptors (Lipinski definition) is 3. The molecule has 0 amide bonds. The van der Waals surface area contributed by atoms with E-state index in [0.29, 0.717) is 0 Å². The number of ether oxygens (including phenoxy) is 1. The summed E-state index contributed by atoms with van der Waals surface area (Å²) in [4.78, 5) is 0. The highest BCUT2D eigenvalue weighted by Crippen LogP contribution is 2.16. The maximum absolute atomic E-state index is 5.37. The fourth-order valence-electron chi connectivity index (χ4n) is 1.28. The van der Waals surface area contributed by atoms with Gasteiger partial charge in [0, 0.05) is 24.9 Å². The molecule has 0 radical (unpaired) electrons. The van der Waals surface area contributed by atoms with Crippen LogP contribution in [-0.2, 0) is 4.74 Å². The zero-order valence-corrected chi connectivity index (χ0v) is 8.66. The Morgan fingerprint density at radius 2 is 2.42 bits per heavy atom. The maximum Gasteiger partial charge on any atom is 0.0591 e. The van der Waals surface area contributed by atoms with Crippen LogP contribution in [0, 0.1) is 0 Å². The molecule has 1 aliphatic rings. The van der Waals surface area contributed by atoms with E-state index in [0.717, 1.165) is 32.2 Å². The van der Waals surface area contributed by atoms with Gasteiger partial charge in [-0.3, -0.25) is 0 Å². The van der Waals surface area contributed by atoms with E-state index in [4.69, 9.17) is 4.74 Å². The van der Waals surface area contributed by atoms with E-state index in [1.54, 1.807) is 0 Å². The van der Waals surface area contributed by atoms with Crippen LogP contribution in [0.4, 0.5) is 0 Å². The van der Waals surface area contributed by atoms with Crippen molar-refractivity contribution in [1.29, 1.82) is 0 Å². The Balaban J connectivity index is 1.81. The number of thioether (sulfide) groups is 1. The van der Waals surface area contributed by atoms with Crippen molar-refractivity contribution >= 4 is 11.8 Å². The highest BCUT2D eigenvalue weighted by Gasteiger charge is 2.13. The van der Waals surface area contributed by atoms with Crippen molar-refractivity contribution in [3.8, 4) is 0 Å². The standard InChI is InChI=1S/C9H19NOS/c1-2-5-11-6-4-10-9-3-7-12-8-9/h9-10H,2-8H2,1H3. The molecule has 12 heavy (non-hydrogen) atoms. The van der Waals surface area contributed by atoms with Crippen molar-refractivity contribution in [3.05, 3.63) is 0 Å². The monoisotopic (exact) mass is 189 g/mol. The van der Waals surface area contributed by atoms with E-state index in [1.165, 1.54) is 17.9 Å². The molecule has 0 aromatic rings. The highest BCUT2D eigenvalue weighted by molar-refractivity contribution is 7.99. The molecule has 1 N–H and O–H groups in total. The molecule has 1 saturated heterocycles. The van der Waals surface area contributed by atoms with Crippen LogP contribution in [0.5, 0.6) is 0 Å². The summed E-state index contributed by atoms with van der Waals surface area (Å²) in [5, 5.41) is 3.49. The largest absolute Gasteiger partial charge is 0.380 e. The molecule has 1 aliphatic heterocycles. The molecule has 0 aromatic carbocycles. The van der Waals surface area contributed by atoms with Crippen LogP contribution in [0.3, 0.4) is 0 Å². The van der Waals surface area contributed by atoms with Crippen LogP contribution in [-0.4, -0.2) is 37.3 Å². The maximum atomic E-state index is 5.37. The lowest BCUT2D eigenvalue weighted by molar-refractivity contribution is 0.135. The van der Waals surface area contributed by atoms with Crippen LogP contribution in [0.2, 0.25) is 0 Å². The summed E-state index contributed by atoms with van der Waals surface area (Å²) in [5.41, 5.74) is 0. The Hall–Kier alpha value is 0.270. The lowest BCUT2D eigenvalue weighted by atomic mass is 10.3. The van der Waals surface area contributed by atoms with Gasteiger partial charge in [-0.2, -0.15) is 11.8 Å². The summed E-state index contributed by atoms with van der Waals surface area (Å²) < 4.78 is 5.37. The van der Waals surface area contributed by atoms with Gasteiger partial charge in [0.1, 0.15) is 0 Å². The Morgan fingerprint density at radius 3 is 3.08 bits per heavy atom. The van der Waals surface area contributed by atoms with Crippen LogP contribution in [0.15, 0.2) is 0 Å². The average Bonchev–Trinajstić information content (AvgIpc) is 2.57. The predicted octanol–water partition coefficient (Wildman–Crippen LogP) is 1.51. The van der Waals surface area contributed by atoms with Gasteiger partial charge in [-0.05, 0) is 18.6 Å². The van der Waals surface area contributed by atoms with Gasteiger partial charge in [0.05, 0.1) is 6.61 Å². The molecule has 1 heterocycles. The minimum absolute atomic E-state index is 0.750.